The van der Waals surface area contributed by atoms with Crippen LogP contribution in [-0.2, 0) is 0 Å². The molecule has 13 nitrogen and oxygen atoms in total. The van der Waals surface area contributed by atoms with Crippen LogP contribution in [0.25, 0.3) is 0 Å². The molecule has 29 heavy (non-hydrogen) atoms. The van der Waals surface area contributed by atoms with Crippen molar-refractivity contribution in [3.63, 3.8) is 0 Å². The Balaban J connectivity index is -0.00000000384. The Morgan fingerprint density at radius 1 is 0.207 bits per heavy atom. The van der Waals surface area contributed by atoms with Crippen molar-refractivity contribution in [3.05, 3.63) is 0 Å². The van der Waals surface area contributed by atoms with Crippen molar-refractivity contribution in [2.45, 2.75) is 0 Å². The maximum atomic E-state index is 8.42. The second-order valence-electron chi connectivity index (χ2n) is 1.15. The summed E-state index contributed by atoms with van der Waals surface area (Å²) < 4.78 is 0. The molecule has 0 saturated carbocycles. The van der Waals surface area contributed by atoms with Gasteiger partial charge in [0.1, 0.15) is 0 Å². The molecule has 0 aliphatic heterocycles. The van der Waals surface area contributed by atoms with Crippen LogP contribution in [0.5, 0.6) is 0 Å². The Hall–Kier alpha value is 11.7. The minimum Gasteiger partial charge on any atom is -0.907 e. The van der Waals surface area contributed by atoms with Crippen molar-refractivity contribution in [3.8, 4) is 0 Å². The van der Waals surface area contributed by atoms with Gasteiger partial charge in [0.15, 0.2) is 0 Å². The normalized spacial score (nSPS) is 3.72. The number of hydrogen-bond donors (Lipinski definition) is 0. The van der Waals surface area contributed by atoms with Gasteiger partial charge in [0.25, 0.3) is 0 Å². The summed E-state index contributed by atoms with van der Waals surface area (Å²) in [4.78, 5) is 0. The predicted molar refractivity (Wildman–Crippen MR) is 26.6 cm³/mol. The van der Waals surface area contributed by atoms with Crippen LogP contribution in [-0.4, -0.2) is 34.8 Å². The molecule has 0 radical (unpaired) electrons. The molecule has 0 aliphatic rings. The van der Waals surface area contributed by atoms with Crippen LogP contribution in [0.3, 0.4) is 0 Å². The molecule has 0 fully saturated rings. The summed E-state index contributed by atoms with van der Waals surface area (Å²) in [7, 11) is -11.7. The smallest absolute Gasteiger partial charge is 0.907 e. The van der Waals surface area contributed by atoms with Crippen LogP contribution in [0.15, 0.2) is 0 Å². The van der Waals surface area contributed by atoms with E-state index in [4.69, 9.17) is 60.3 Å². The van der Waals surface area contributed by atoms with E-state index in [1.54, 1.807) is 0 Å². The van der Waals surface area contributed by atoms with Crippen LogP contribution >= 0.6 is 0 Å². The van der Waals surface area contributed by atoms with Crippen molar-refractivity contribution >= 4 is 29.3 Å². The molecule has 0 aromatic rings. The maximum Gasteiger partial charge on any atom is 1.00 e. The minimum absolute atomic E-state index is 0. The number of rotatable bonds is 0. The zero-order valence-corrected chi connectivity index (χ0v) is 43.7. The van der Waals surface area contributed by atoms with Crippen LogP contribution in [0, 0.1) is 0 Å². The molecular formula is H2B4Na12O13. The monoisotopic (exact) mass is 530 g/mol. The van der Waals surface area contributed by atoms with E-state index in [0.29, 0.717) is 0 Å². The second-order valence-corrected chi connectivity index (χ2v) is 1.15. The molecule has 2 N–H and O–H groups in total. The fourth-order valence-corrected chi connectivity index (χ4v) is 0. The minimum atomic E-state index is -2.92. The first-order chi connectivity index (χ1) is 6.93. The van der Waals surface area contributed by atoms with Crippen molar-refractivity contribution in [2.24, 2.45) is 0 Å². The first-order valence-corrected chi connectivity index (χ1v) is 2.83. The summed E-state index contributed by atoms with van der Waals surface area (Å²) in [6.07, 6.45) is 0. The predicted octanol–water partition coefficient (Wildman–Crippen LogP) is -52.6. The molecular weight excluding hydrogens is 527 g/mol. The molecule has 0 saturated heterocycles. The van der Waals surface area contributed by atoms with Gasteiger partial charge in [-0.3, -0.25) is 29.3 Å². The van der Waals surface area contributed by atoms with Gasteiger partial charge in [-0.1, -0.05) is 0 Å². The van der Waals surface area contributed by atoms with E-state index in [9.17, 15) is 0 Å². The van der Waals surface area contributed by atoms with E-state index in [1.165, 1.54) is 0 Å². The molecule has 0 amide bonds. The third-order valence-corrected chi connectivity index (χ3v) is 0. The summed E-state index contributed by atoms with van der Waals surface area (Å²) in [5.41, 5.74) is 0. The first-order valence-electron chi connectivity index (χ1n) is 2.83. The van der Waals surface area contributed by atoms with E-state index >= 15 is 0 Å². The van der Waals surface area contributed by atoms with Crippen LogP contribution < -0.4 is 415 Å². The first kappa shape index (κ1) is 114. The molecule has 29 heteroatoms. The fraction of sp³-hybridized carbons (Fsp3) is 0. The molecule has 0 rings (SSSR count). The zero-order chi connectivity index (χ0) is 14.3. The summed E-state index contributed by atoms with van der Waals surface area (Å²) in [5.74, 6) is 0. The quantitative estimate of drug-likeness (QED) is 0.264. The summed E-state index contributed by atoms with van der Waals surface area (Å²) in [6.45, 7) is 0. The van der Waals surface area contributed by atoms with Crippen molar-refractivity contribution in [2.75, 3.05) is 0 Å². The zero-order valence-electron chi connectivity index (χ0n) is 19.7. The third-order valence-electron chi connectivity index (χ3n) is 0. The standard InChI is InChI=1S/4BO3.12Na.H2O/c4*2-1(3)4;;;;;;;;;;;;;/h;;;;;;;;;;;;;;;;1H2/q4*-3;12*+1;. The Morgan fingerprint density at radius 3 is 0.207 bits per heavy atom. The van der Waals surface area contributed by atoms with E-state index in [-0.39, 0.29) is 360 Å². The Morgan fingerprint density at radius 2 is 0.207 bits per heavy atom. The number of hydrogen-bond acceptors (Lipinski definition) is 12. The molecule has 0 atom stereocenters. The van der Waals surface area contributed by atoms with Gasteiger partial charge < -0.3 is 65.8 Å². The molecule has 0 unspecified atom stereocenters. The Labute approximate surface area is 437 Å². The van der Waals surface area contributed by atoms with E-state index in [2.05, 4.69) is 0 Å². The van der Waals surface area contributed by atoms with Gasteiger partial charge in [-0.2, -0.15) is 0 Å². The third kappa shape index (κ3) is 411. The summed E-state index contributed by atoms with van der Waals surface area (Å²) in [6, 6.07) is 0. The maximum absolute atomic E-state index is 8.42. The molecule has 0 heterocycles. The van der Waals surface area contributed by atoms with Crippen LogP contribution in [0.1, 0.15) is 0 Å². The Kier molecular flexibility index (Phi) is 417. The van der Waals surface area contributed by atoms with Gasteiger partial charge in [-0.05, 0) is 0 Å². The molecule has 104 valence electrons. The molecule has 0 spiro atoms. The fourth-order valence-electron chi connectivity index (χ4n) is 0. The van der Waals surface area contributed by atoms with Gasteiger partial charge in [-0.25, -0.2) is 0 Å². The average Bonchev–Trinajstić information content (AvgIpc) is 1.76. The van der Waals surface area contributed by atoms with Gasteiger partial charge in [0.05, 0.1) is 0 Å². The van der Waals surface area contributed by atoms with Gasteiger partial charge in [0.2, 0.25) is 0 Å². The van der Waals surface area contributed by atoms with Gasteiger partial charge in [-0.15, -0.1) is 0 Å². The van der Waals surface area contributed by atoms with E-state index < -0.39 is 29.3 Å². The van der Waals surface area contributed by atoms with Gasteiger partial charge >= 0.3 is 355 Å². The van der Waals surface area contributed by atoms with Crippen molar-refractivity contribution < 1.29 is 420 Å². The molecule has 0 aromatic carbocycles. The van der Waals surface area contributed by atoms with Crippen LogP contribution in [0.2, 0.25) is 0 Å². The van der Waals surface area contributed by atoms with E-state index in [0.717, 1.165) is 0 Å². The van der Waals surface area contributed by atoms with Crippen molar-refractivity contribution in [1.29, 1.82) is 0 Å². The van der Waals surface area contributed by atoms with E-state index in [1.807, 2.05) is 0 Å². The SMILES string of the molecule is O.[Na+].[Na+].[Na+].[Na+].[Na+].[Na+].[Na+].[Na+].[Na+].[Na+].[Na+].[Na+].[O-]B([O-])[O-].[O-]B([O-])[O-].[O-]B([O-])[O-].[O-]B([O-])[O-]. The summed E-state index contributed by atoms with van der Waals surface area (Å²) >= 11 is 0. The average molecular weight is 529 g/mol. The van der Waals surface area contributed by atoms with Gasteiger partial charge in [0, 0.05) is 0 Å². The summed E-state index contributed by atoms with van der Waals surface area (Å²) in [5, 5.41) is 101. The Bertz CT molecular complexity index is 84.8. The molecule has 0 bridgehead atoms. The van der Waals surface area contributed by atoms with Crippen LogP contribution in [0.4, 0.5) is 0 Å². The second kappa shape index (κ2) is 106. The largest absolute Gasteiger partial charge is 1.00 e. The van der Waals surface area contributed by atoms with Crippen molar-refractivity contribution in [1.82, 2.24) is 0 Å². The molecule has 0 aromatic heterocycles. The molecule has 0 aliphatic carbocycles. The topological polar surface area (TPSA) is 308 Å².